The van der Waals surface area contributed by atoms with Crippen LogP contribution in [0, 0.1) is 5.82 Å². The van der Waals surface area contributed by atoms with Crippen LogP contribution in [0.3, 0.4) is 0 Å². The van der Waals surface area contributed by atoms with Crippen molar-refractivity contribution in [3.8, 4) is 0 Å². The van der Waals surface area contributed by atoms with Gasteiger partial charge in [0.1, 0.15) is 11.6 Å². The molecular weight excluding hydrogens is 297 g/mol. The highest BCUT2D eigenvalue weighted by Crippen LogP contribution is 2.19. The van der Waals surface area contributed by atoms with Crippen LogP contribution in [0.2, 0.25) is 5.02 Å². The smallest absolute Gasteiger partial charge is 0.340 e. The van der Waals surface area contributed by atoms with Gasteiger partial charge in [0, 0.05) is 6.54 Å². The van der Waals surface area contributed by atoms with Crippen molar-refractivity contribution in [2.24, 2.45) is 0 Å². The average Bonchev–Trinajstić information content (AvgIpc) is 2.49. The molecule has 2 aromatic rings. The summed E-state index contributed by atoms with van der Waals surface area (Å²) in [5, 5.41) is 3.05. The number of aromatic nitrogens is 1. The van der Waals surface area contributed by atoms with Gasteiger partial charge in [-0.15, -0.1) is 0 Å². The lowest BCUT2D eigenvalue weighted by atomic mass is 10.2. The van der Waals surface area contributed by atoms with E-state index in [4.69, 9.17) is 17.3 Å². The number of methoxy groups -OCH3 is 1. The summed E-state index contributed by atoms with van der Waals surface area (Å²) < 4.78 is 17.7. The summed E-state index contributed by atoms with van der Waals surface area (Å²) in [6, 6.07) is 5.90. The molecule has 0 unspecified atom stereocenters. The standard InChI is InChI=1S/C14H13ClFN3O2/c1-21-14(20)9-5-13(19-7-12(9)17)18-6-8-2-3-11(16)10(15)4-8/h2-5,7H,6,17H2,1H3,(H,18,19). The molecule has 1 heterocycles. The summed E-state index contributed by atoms with van der Waals surface area (Å²) in [6.45, 7) is 0.373. The molecule has 0 aliphatic heterocycles. The minimum atomic E-state index is -0.539. The van der Waals surface area contributed by atoms with Crippen molar-refractivity contribution < 1.29 is 13.9 Å². The molecule has 0 aliphatic carbocycles. The Labute approximate surface area is 125 Å². The molecule has 0 fully saturated rings. The topological polar surface area (TPSA) is 77.2 Å². The number of carbonyl (C=O) groups is 1. The van der Waals surface area contributed by atoms with E-state index < -0.39 is 11.8 Å². The van der Waals surface area contributed by atoms with E-state index in [-0.39, 0.29) is 16.3 Å². The molecular formula is C14H13ClFN3O2. The quantitative estimate of drug-likeness (QED) is 0.849. The van der Waals surface area contributed by atoms with Gasteiger partial charge in [0.05, 0.1) is 29.6 Å². The number of ether oxygens (including phenoxy) is 1. The SMILES string of the molecule is COC(=O)c1cc(NCc2ccc(F)c(Cl)c2)ncc1N. The molecule has 0 atom stereocenters. The Balaban J connectivity index is 2.13. The van der Waals surface area contributed by atoms with Crippen molar-refractivity contribution in [2.45, 2.75) is 6.54 Å². The molecule has 110 valence electrons. The summed E-state index contributed by atoms with van der Waals surface area (Å²) in [7, 11) is 1.27. The number of nitrogen functional groups attached to an aromatic ring is 1. The predicted molar refractivity (Wildman–Crippen MR) is 78.7 cm³/mol. The van der Waals surface area contributed by atoms with E-state index in [1.54, 1.807) is 6.07 Å². The maximum atomic E-state index is 13.1. The van der Waals surface area contributed by atoms with Gasteiger partial charge in [0.15, 0.2) is 0 Å². The van der Waals surface area contributed by atoms with Crippen molar-refractivity contribution in [2.75, 3.05) is 18.2 Å². The monoisotopic (exact) mass is 309 g/mol. The molecule has 5 nitrogen and oxygen atoms in total. The van der Waals surface area contributed by atoms with E-state index in [1.165, 1.54) is 31.5 Å². The van der Waals surface area contributed by atoms with Crippen LogP contribution in [0.25, 0.3) is 0 Å². The number of anilines is 2. The number of nitrogens with zero attached hydrogens (tertiary/aromatic N) is 1. The molecule has 3 N–H and O–H groups in total. The number of nitrogens with two attached hydrogens (primary N) is 1. The van der Waals surface area contributed by atoms with E-state index in [9.17, 15) is 9.18 Å². The molecule has 2 rings (SSSR count). The Morgan fingerprint density at radius 2 is 2.24 bits per heavy atom. The number of halogens is 2. The van der Waals surface area contributed by atoms with Crippen molar-refractivity contribution >= 4 is 29.1 Å². The van der Waals surface area contributed by atoms with Crippen molar-refractivity contribution in [3.63, 3.8) is 0 Å². The highest BCUT2D eigenvalue weighted by atomic mass is 35.5. The van der Waals surface area contributed by atoms with Crippen molar-refractivity contribution in [3.05, 3.63) is 52.4 Å². The third-order valence-electron chi connectivity index (χ3n) is 2.80. The average molecular weight is 310 g/mol. The van der Waals surface area contributed by atoms with Crippen LogP contribution in [0.4, 0.5) is 15.9 Å². The maximum absolute atomic E-state index is 13.1. The summed E-state index contributed by atoms with van der Waals surface area (Å²) in [5.41, 5.74) is 6.90. The Bertz CT molecular complexity index is 679. The highest BCUT2D eigenvalue weighted by molar-refractivity contribution is 6.30. The Hall–Kier alpha value is -2.34. The summed E-state index contributed by atoms with van der Waals surface area (Å²) >= 11 is 5.71. The molecule has 0 saturated heterocycles. The lowest BCUT2D eigenvalue weighted by Gasteiger charge is -2.09. The zero-order chi connectivity index (χ0) is 15.4. The largest absolute Gasteiger partial charge is 0.465 e. The lowest BCUT2D eigenvalue weighted by Crippen LogP contribution is -2.09. The van der Waals surface area contributed by atoms with E-state index in [0.29, 0.717) is 12.4 Å². The molecule has 7 heteroatoms. The van der Waals surface area contributed by atoms with E-state index in [1.807, 2.05) is 0 Å². The molecule has 0 bridgehead atoms. The Kier molecular flexibility index (Phi) is 4.59. The molecule has 0 amide bonds. The zero-order valence-electron chi connectivity index (χ0n) is 11.2. The molecule has 1 aromatic heterocycles. The van der Waals surface area contributed by atoms with Crippen molar-refractivity contribution in [1.82, 2.24) is 4.98 Å². The summed E-state index contributed by atoms with van der Waals surface area (Å²) in [6.07, 6.45) is 1.37. The number of rotatable bonds is 4. The minimum absolute atomic E-state index is 0.0508. The third kappa shape index (κ3) is 3.61. The first-order valence-electron chi connectivity index (χ1n) is 6.03. The molecule has 21 heavy (non-hydrogen) atoms. The summed E-state index contributed by atoms with van der Waals surface area (Å²) in [5.74, 6) is -0.563. The van der Waals surface area contributed by atoms with E-state index >= 15 is 0 Å². The van der Waals surface area contributed by atoms with E-state index in [0.717, 1.165) is 5.56 Å². The van der Waals surface area contributed by atoms with Gasteiger partial charge in [-0.2, -0.15) is 0 Å². The van der Waals surface area contributed by atoms with E-state index in [2.05, 4.69) is 15.0 Å². The van der Waals surface area contributed by atoms with Crippen LogP contribution in [-0.4, -0.2) is 18.1 Å². The maximum Gasteiger partial charge on any atom is 0.340 e. The fraction of sp³-hybridized carbons (Fsp3) is 0.143. The molecule has 0 aliphatic rings. The second kappa shape index (κ2) is 6.41. The minimum Gasteiger partial charge on any atom is -0.465 e. The van der Waals surface area contributed by atoms with Crippen LogP contribution in [0.15, 0.2) is 30.5 Å². The Morgan fingerprint density at radius 1 is 1.48 bits per heavy atom. The fourth-order valence-corrected chi connectivity index (χ4v) is 1.89. The number of hydrogen-bond donors (Lipinski definition) is 2. The first kappa shape index (κ1) is 15.1. The molecule has 1 aromatic carbocycles. The number of nitrogens with one attached hydrogen (secondary N) is 1. The van der Waals surface area contributed by atoms with Gasteiger partial charge in [0.25, 0.3) is 0 Å². The normalized spacial score (nSPS) is 10.2. The molecule has 0 saturated carbocycles. The van der Waals surface area contributed by atoms with Crippen LogP contribution in [0.1, 0.15) is 15.9 Å². The number of benzene rings is 1. The van der Waals surface area contributed by atoms with Gasteiger partial charge < -0.3 is 15.8 Å². The van der Waals surface area contributed by atoms with Gasteiger partial charge in [0.2, 0.25) is 0 Å². The van der Waals surface area contributed by atoms with Gasteiger partial charge in [-0.3, -0.25) is 0 Å². The van der Waals surface area contributed by atoms with Crippen LogP contribution in [0.5, 0.6) is 0 Å². The zero-order valence-corrected chi connectivity index (χ0v) is 11.9. The number of esters is 1. The second-order valence-electron chi connectivity index (χ2n) is 4.25. The van der Waals surface area contributed by atoms with Gasteiger partial charge in [-0.25, -0.2) is 14.2 Å². The van der Waals surface area contributed by atoms with Gasteiger partial charge >= 0.3 is 5.97 Å². The Morgan fingerprint density at radius 3 is 2.90 bits per heavy atom. The second-order valence-corrected chi connectivity index (χ2v) is 4.66. The predicted octanol–water partition coefficient (Wildman–Crippen LogP) is 2.86. The molecule has 0 spiro atoms. The number of hydrogen-bond acceptors (Lipinski definition) is 5. The first-order valence-corrected chi connectivity index (χ1v) is 6.40. The first-order chi connectivity index (χ1) is 10.0. The number of pyridine rings is 1. The van der Waals surface area contributed by atoms with Crippen molar-refractivity contribution in [1.29, 1.82) is 0 Å². The van der Waals surface area contributed by atoms with Gasteiger partial charge in [-0.1, -0.05) is 17.7 Å². The van der Waals surface area contributed by atoms with Crippen LogP contribution in [-0.2, 0) is 11.3 Å². The highest BCUT2D eigenvalue weighted by Gasteiger charge is 2.11. The van der Waals surface area contributed by atoms with Crippen LogP contribution >= 0.6 is 11.6 Å². The number of carbonyl (C=O) groups excluding carboxylic acids is 1. The lowest BCUT2D eigenvalue weighted by molar-refractivity contribution is 0.0602. The third-order valence-corrected chi connectivity index (χ3v) is 3.09. The summed E-state index contributed by atoms with van der Waals surface area (Å²) in [4.78, 5) is 15.6. The van der Waals surface area contributed by atoms with Crippen LogP contribution < -0.4 is 11.1 Å². The fourth-order valence-electron chi connectivity index (χ4n) is 1.69. The van der Waals surface area contributed by atoms with Gasteiger partial charge in [-0.05, 0) is 23.8 Å². The molecule has 0 radical (unpaired) electrons.